The number of rotatable bonds is 3. The molecular formula is C16H24N2O2. The molecule has 1 rings (SSSR count). The van der Waals surface area contributed by atoms with Crippen LogP contribution in [0.3, 0.4) is 0 Å². The lowest BCUT2D eigenvalue weighted by Gasteiger charge is -2.26. The summed E-state index contributed by atoms with van der Waals surface area (Å²) in [6.07, 6.45) is 0. The largest absolute Gasteiger partial charge is 0.350 e. The maximum Gasteiger partial charge on any atom is 0.240 e. The van der Waals surface area contributed by atoms with E-state index < -0.39 is 0 Å². The van der Waals surface area contributed by atoms with Crippen LogP contribution >= 0.6 is 0 Å². The lowest BCUT2D eigenvalue weighted by atomic mass is 10.1. The van der Waals surface area contributed by atoms with E-state index in [0.29, 0.717) is 0 Å². The highest BCUT2D eigenvalue weighted by Crippen LogP contribution is 2.22. The molecule has 4 heteroatoms. The molecule has 20 heavy (non-hydrogen) atoms. The molecule has 1 aromatic carbocycles. The molecule has 0 spiro atoms. The Morgan fingerprint density at radius 3 is 2.30 bits per heavy atom. The number of aryl methyl sites for hydroxylation is 1. The number of carbonyl (C=O) groups is 2. The molecule has 110 valence electrons. The van der Waals surface area contributed by atoms with Crippen molar-refractivity contribution >= 4 is 17.5 Å². The van der Waals surface area contributed by atoms with E-state index in [1.165, 1.54) is 11.8 Å². The molecule has 0 aromatic heterocycles. The quantitative estimate of drug-likeness (QED) is 0.922. The van der Waals surface area contributed by atoms with Gasteiger partial charge in [0.05, 0.1) is 0 Å². The summed E-state index contributed by atoms with van der Waals surface area (Å²) >= 11 is 0. The zero-order chi connectivity index (χ0) is 15.5. The van der Waals surface area contributed by atoms with Crippen molar-refractivity contribution in [2.75, 3.05) is 11.4 Å². The van der Waals surface area contributed by atoms with Gasteiger partial charge in [0, 0.05) is 18.2 Å². The van der Waals surface area contributed by atoms with Gasteiger partial charge in [0.2, 0.25) is 11.8 Å². The number of amides is 2. The Morgan fingerprint density at radius 2 is 1.80 bits per heavy atom. The molecule has 0 aliphatic heterocycles. The third kappa shape index (κ3) is 4.37. The van der Waals surface area contributed by atoms with Gasteiger partial charge in [-0.05, 0) is 51.8 Å². The van der Waals surface area contributed by atoms with Crippen LogP contribution in [-0.4, -0.2) is 23.9 Å². The number of nitrogens with zero attached hydrogens (tertiary/aromatic N) is 1. The second-order valence-electron chi connectivity index (χ2n) is 6.12. The smallest absolute Gasteiger partial charge is 0.240 e. The highest BCUT2D eigenvalue weighted by Gasteiger charge is 2.20. The highest BCUT2D eigenvalue weighted by molar-refractivity contribution is 5.98. The molecule has 0 aliphatic carbocycles. The topological polar surface area (TPSA) is 49.4 Å². The molecule has 0 bridgehead atoms. The van der Waals surface area contributed by atoms with E-state index in [1.54, 1.807) is 0 Å². The van der Waals surface area contributed by atoms with Gasteiger partial charge in [-0.1, -0.05) is 12.1 Å². The van der Waals surface area contributed by atoms with Crippen molar-refractivity contribution in [3.63, 3.8) is 0 Å². The molecule has 0 aliphatic rings. The summed E-state index contributed by atoms with van der Waals surface area (Å²) in [5, 5.41) is 2.88. The fourth-order valence-electron chi connectivity index (χ4n) is 2.00. The van der Waals surface area contributed by atoms with E-state index >= 15 is 0 Å². The molecule has 2 amide bonds. The minimum atomic E-state index is -0.304. The Morgan fingerprint density at radius 1 is 1.20 bits per heavy atom. The molecule has 1 N–H and O–H groups in total. The second kappa shape index (κ2) is 6.07. The summed E-state index contributed by atoms with van der Waals surface area (Å²) in [7, 11) is 0. The van der Waals surface area contributed by atoms with Crippen molar-refractivity contribution in [1.82, 2.24) is 5.32 Å². The monoisotopic (exact) mass is 276 g/mol. The average molecular weight is 276 g/mol. The van der Waals surface area contributed by atoms with Crippen LogP contribution in [0, 0.1) is 13.8 Å². The van der Waals surface area contributed by atoms with E-state index in [1.807, 2.05) is 52.8 Å². The summed E-state index contributed by atoms with van der Waals surface area (Å²) in [5.41, 5.74) is 2.61. The predicted molar refractivity (Wildman–Crippen MR) is 81.8 cm³/mol. The number of benzene rings is 1. The van der Waals surface area contributed by atoms with Gasteiger partial charge in [-0.15, -0.1) is 0 Å². The summed E-state index contributed by atoms with van der Waals surface area (Å²) in [6.45, 7) is 11.2. The maximum atomic E-state index is 12.0. The molecule has 0 saturated heterocycles. The van der Waals surface area contributed by atoms with Crippen LogP contribution in [-0.2, 0) is 9.59 Å². The number of anilines is 1. The van der Waals surface area contributed by atoms with Crippen LogP contribution in [0.15, 0.2) is 18.2 Å². The summed E-state index contributed by atoms with van der Waals surface area (Å²) in [4.78, 5) is 25.4. The molecule has 0 fully saturated rings. The minimum absolute atomic E-state index is 0.0386. The molecule has 0 radical (unpaired) electrons. The predicted octanol–water partition coefficient (Wildman–Crippen LogP) is 2.57. The van der Waals surface area contributed by atoms with Crippen LogP contribution in [0.25, 0.3) is 0 Å². The highest BCUT2D eigenvalue weighted by atomic mass is 16.2. The van der Waals surface area contributed by atoms with Crippen molar-refractivity contribution in [2.24, 2.45) is 0 Å². The van der Waals surface area contributed by atoms with Crippen molar-refractivity contribution < 1.29 is 9.59 Å². The van der Waals surface area contributed by atoms with Crippen LogP contribution in [0.5, 0.6) is 0 Å². The molecule has 1 aromatic rings. The Labute approximate surface area is 121 Å². The van der Waals surface area contributed by atoms with Crippen molar-refractivity contribution in [3.05, 3.63) is 29.3 Å². The number of carbonyl (C=O) groups excluding carboxylic acids is 2. The molecule has 0 atom stereocenters. The molecule has 4 nitrogen and oxygen atoms in total. The number of hydrogen-bond donors (Lipinski definition) is 1. The first kappa shape index (κ1) is 16.2. The van der Waals surface area contributed by atoms with E-state index in [2.05, 4.69) is 5.32 Å². The van der Waals surface area contributed by atoms with Crippen molar-refractivity contribution in [2.45, 2.75) is 47.1 Å². The Kier molecular flexibility index (Phi) is 4.93. The average Bonchev–Trinajstić information content (AvgIpc) is 2.27. The molecule has 0 saturated carbocycles. The molecule has 0 heterocycles. The SMILES string of the molecule is CC(=O)N(CC(=O)NC(C)(C)C)c1cccc(C)c1C. The third-order valence-electron chi connectivity index (χ3n) is 3.06. The normalized spacial score (nSPS) is 11.1. The van der Waals surface area contributed by atoms with Crippen molar-refractivity contribution in [1.29, 1.82) is 0 Å². The first-order chi connectivity index (χ1) is 9.11. The zero-order valence-electron chi connectivity index (χ0n) is 13.2. The van der Waals surface area contributed by atoms with E-state index in [0.717, 1.165) is 16.8 Å². The summed E-state index contributed by atoms with van der Waals surface area (Å²) in [5.74, 6) is -0.295. The van der Waals surface area contributed by atoms with E-state index in [-0.39, 0.29) is 23.9 Å². The van der Waals surface area contributed by atoms with E-state index in [4.69, 9.17) is 0 Å². The van der Waals surface area contributed by atoms with Crippen LogP contribution < -0.4 is 10.2 Å². The van der Waals surface area contributed by atoms with Gasteiger partial charge < -0.3 is 10.2 Å². The fourth-order valence-corrected chi connectivity index (χ4v) is 2.00. The van der Waals surface area contributed by atoms with Gasteiger partial charge in [-0.3, -0.25) is 9.59 Å². The number of nitrogens with one attached hydrogen (secondary N) is 1. The van der Waals surface area contributed by atoms with Crippen LogP contribution in [0.4, 0.5) is 5.69 Å². The summed E-state index contributed by atoms with van der Waals surface area (Å²) in [6, 6.07) is 5.76. The molecule has 0 unspecified atom stereocenters. The fraction of sp³-hybridized carbons (Fsp3) is 0.500. The minimum Gasteiger partial charge on any atom is -0.350 e. The zero-order valence-corrected chi connectivity index (χ0v) is 13.2. The van der Waals surface area contributed by atoms with E-state index in [9.17, 15) is 9.59 Å². The number of hydrogen-bond acceptors (Lipinski definition) is 2. The van der Waals surface area contributed by atoms with Gasteiger partial charge in [0.1, 0.15) is 6.54 Å². The lowest BCUT2D eigenvalue weighted by Crippen LogP contribution is -2.47. The van der Waals surface area contributed by atoms with Crippen LogP contribution in [0.2, 0.25) is 0 Å². The molecular weight excluding hydrogens is 252 g/mol. The first-order valence-corrected chi connectivity index (χ1v) is 6.77. The Bertz CT molecular complexity index is 516. The first-order valence-electron chi connectivity index (χ1n) is 6.77. The van der Waals surface area contributed by atoms with Gasteiger partial charge >= 0.3 is 0 Å². The van der Waals surface area contributed by atoms with Crippen molar-refractivity contribution in [3.8, 4) is 0 Å². The van der Waals surface area contributed by atoms with Gasteiger partial charge in [0.25, 0.3) is 0 Å². The van der Waals surface area contributed by atoms with Gasteiger partial charge in [-0.2, -0.15) is 0 Å². The third-order valence-corrected chi connectivity index (χ3v) is 3.06. The Balaban J connectivity index is 2.99. The van der Waals surface area contributed by atoms with Crippen LogP contribution in [0.1, 0.15) is 38.8 Å². The lowest BCUT2D eigenvalue weighted by molar-refractivity contribution is -0.124. The summed E-state index contributed by atoms with van der Waals surface area (Å²) < 4.78 is 0. The maximum absolute atomic E-state index is 12.0. The standard InChI is InChI=1S/C16H24N2O2/c1-11-8-7-9-14(12(11)2)18(13(3)19)10-15(20)17-16(4,5)6/h7-9H,10H2,1-6H3,(H,17,20). The van der Waals surface area contributed by atoms with Gasteiger partial charge in [-0.25, -0.2) is 0 Å². The Hall–Kier alpha value is -1.84. The second-order valence-corrected chi connectivity index (χ2v) is 6.12. The van der Waals surface area contributed by atoms with Gasteiger partial charge in [0.15, 0.2) is 0 Å².